The van der Waals surface area contributed by atoms with Crippen LogP contribution in [0.1, 0.15) is 0 Å². The summed E-state index contributed by atoms with van der Waals surface area (Å²) in [5.41, 5.74) is 1.46. The topological polar surface area (TPSA) is 42.5 Å². The molecule has 2 N–H and O–H groups in total. The third-order valence-corrected chi connectivity index (χ3v) is 2.95. The molecular weight excluding hydrogens is 291 g/mol. The minimum atomic E-state index is -0.292. The van der Waals surface area contributed by atoms with Crippen molar-refractivity contribution in [1.29, 1.82) is 0 Å². The van der Waals surface area contributed by atoms with Gasteiger partial charge in [0, 0.05) is 17.4 Å². The highest BCUT2D eigenvalue weighted by Crippen LogP contribution is 2.29. The number of anilines is 2. The highest BCUT2D eigenvalue weighted by Gasteiger charge is 2.06. The lowest BCUT2D eigenvalue weighted by molar-refractivity contribution is 0.355. The molecular formula is C15H15FN2O2S. The van der Waals surface area contributed by atoms with E-state index in [-0.39, 0.29) is 5.82 Å². The van der Waals surface area contributed by atoms with Crippen LogP contribution in [0.5, 0.6) is 11.5 Å². The molecule has 6 heteroatoms. The first-order chi connectivity index (χ1) is 10.1. The quantitative estimate of drug-likeness (QED) is 0.844. The molecule has 0 unspecified atom stereocenters. The number of hydrogen-bond donors (Lipinski definition) is 2. The van der Waals surface area contributed by atoms with Crippen LogP contribution in [-0.4, -0.2) is 19.3 Å². The van der Waals surface area contributed by atoms with E-state index in [1.165, 1.54) is 12.1 Å². The number of thiocarbonyl (C=S) groups is 1. The van der Waals surface area contributed by atoms with Gasteiger partial charge in [0.25, 0.3) is 0 Å². The molecule has 0 radical (unpaired) electrons. The lowest BCUT2D eigenvalue weighted by Crippen LogP contribution is -2.19. The number of methoxy groups -OCH3 is 2. The lowest BCUT2D eigenvalue weighted by Gasteiger charge is -2.13. The van der Waals surface area contributed by atoms with Crippen molar-refractivity contribution in [3.63, 3.8) is 0 Å². The second-order valence-corrected chi connectivity index (χ2v) is 4.56. The Morgan fingerprint density at radius 1 is 0.905 bits per heavy atom. The highest BCUT2D eigenvalue weighted by molar-refractivity contribution is 7.80. The van der Waals surface area contributed by atoms with E-state index >= 15 is 0 Å². The maximum atomic E-state index is 12.8. The molecule has 0 bridgehead atoms. The third-order valence-electron chi connectivity index (χ3n) is 2.74. The number of benzene rings is 2. The molecule has 0 aliphatic rings. The molecule has 0 saturated heterocycles. The molecule has 0 heterocycles. The number of ether oxygens (including phenoxy) is 2. The SMILES string of the molecule is COc1ccc(NC(=S)Nc2ccc(F)cc2)cc1OC. The summed E-state index contributed by atoms with van der Waals surface area (Å²) in [7, 11) is 3.14. The van der Waals surface area contributed by atoms with Crippen molar-refractivity contribution in [1.82, 2.24) is 0 Å². The van der Waals surface area contributed by atoms with Gasteiger partial charge in [0.05, 0.1) is 14.2 Å². The van der Waals surface area contributed by atoms with Crippen molar-refractivity contribution < 1.29 is 13.9 Å². The summed E-state index contributed by atoms with van der Waals surface area (Å²) in [5, 5.41) is 6.38. The van der Waals surface area contributed by atoms with Crippen LogP contribution in [0.3, 0.4) is 0 Å². The first-order valence-electron chi connectivity index (χ1n) is 6.18. The molecule has 21 heavy (non-hydrogen) atoms. The summed E-state index contributed by atoms with van der Waals surface area (Å²) >= 11 is 5.20. The molecule has 110 valence electrons. The average Bonchev–Trinajstić information content (AvgIpc) is 2.49. The molecule has 2 aromatic carbocycles. The maximum absolute atomic E-state index is 12.8. The minimum absolute atomic E-state index is 0.292. The Hall–Kier alpha value is -2.34. The van der Waals surface area contributed by atoms with Crippen molar-refractivity contribution in [3.8, 4) is 11.5 Å². The lowest BCUT2D eigenvalue weighted by atomic mass is 10.2. The van der Waals surface area contributed by atoms with Crippen molar-refractivity contribution in [2.45, 2.75) is 0 Å². The van der Waals surface area contributed by atoms with E-state index in [2.05, 4.69) is 10.6 Å². The molecule has 4 nitrogen and oxygen atoms in total. The summed E-state index contributed by atoms with van der Waals surface area (Å²) in [6.07, 6.45) is 0. The third kappa shape index (κ3) is 4.06. The fourth-order valence-electron chi connectivity index (χ4n) is 1.74. The molecule has 0 aliphatic heterocycles. The summed E-state index contributed by atoms with van der Waals surface area (Å²) in [4.78, 5) is 0. The first-order valence-corrected chi connectivity index (χ1v) is 6.59. The fourth-order valence-corrected chi connectivity index (χ4v) is 1.98. The van der Waals surface area contributed by atoms with E-state index in [9.17, 15) is 4.39 Å². The van der Waals surface area contributed by atoms with E-state index in [0.717, 1.165) is 5.69 Å². The van der Waals surface area contributed by atoms with E-state index in [4.69, 9.17) is 21.7 Å². The highest BCUT2D eigenvalue weighted by atomic mass is 32.1. The van der Waals surface area contributed by atoms with Crippen molar-refractivity contribution in [2.24, 2.45) is 0 Å². The molecule has 0 aliphatic carbocycles. The van der Waals surface area contributed by atoms with Crippen LogP contribution in [0.2, 0.25) is 0 Å². The monoisotopic (exact) mass is 306 g/mol. The van der Waals surface area contributed by atoms with Crippen LogP contribution in [0.15, 0.2) is 42.5 Å². The van der Waals surface area contributed by atoms with Gasteiger partial charge in [0.15, 0.2) is 16.6 Å². The predicted octanol–water partition coefficient (Wildman–Crippen LogP) is 3.65. The molecule has 0 saturated carbocycles. The maximum Gasteiger partial charge on any atom is 0.175 e. The number of nitrogens with one attached hydrogen (secondary N) is 2. The van der Waals surface area contributed by atoms with Gasteiger partial charge >= 0.3 is 0 Å². The molecule has 0 aromatic heterocycles. The van der Waals surface area contributed by atoms with Gasteiger partial charge in [-0.3, -0.25) is 0 Å². The molecule has 2 rings (SSSR count). The van der Waals surface area contributed by atoms with E-state index in [1.807, 2.05) is 6.07 Å². The summed E-state index contributed by atoms with van der Waals surface area (Å²) in [6, 6.07) is 11.3. The first kappa shape index (κ1) is 15.1. The van der Waals surface area contributed by atoms with Gasteiger partial charge in [0.1, 0.15) is 5.82 Å². The largest absolute Gasteiger partial charge is 0.493 e. The van der Waals surface area contributed by atoms with Crippen LogP contribution in [0, 0.1) is 5.82 Å². The predicted molar refractivity (Wildman–Crippen MR) is 85.8 cm³/mol. The Morgan fingerprint density at radius 3 is 2.10 bits per heavy atom. The molecule has 0 atom stereocenters. The zero-order chi connectivity index (χ0) is 15.2. The van der Waals surface area contributed by atoms with Crippen LogP contribution in [0.4, 0.5) is 15.8 Å². The van der Waals surface area contributed by atoms with Crippen LogP contribution < -0.4 is 20.1 Å². The molecule has 0 fully saturated rings. The van der Waals surface area contributed by atoms with E-state index in [1.54, 1.807) is 38.5 Å². The molecule has 2 aromatic rings. The number of rotatable bonds is 4. The normalized spacial score (nSPS) is 9.86. The van der Waals surface area contributed by atoms with Gasteiger partial charge in [-0.1, -0.05) is 0 Å². The van der Waals surface area contributed by atoms with E-state index < -0.39 is 0 Å². The zero-order valence-corrected chi connectivity index (χ0v) is 12.5. The van der Waals surface area contributed by atoms with Gasteiger partial charge < -0.3 is 20.1 Å². The summed E-state index contributed by atoms with van der Waals surface area (Å²) < 4.78 is 23.2. The van der Waals surface area contributed by atoms with Gasteiger partial charge in [-0.2, -0.15) is 0 Å². The fraction of sp³-hybridized carbons (Fsp3) is 0.133. The van der Waals surface area contributed by atoms with Gasteiger partial charge in [0.2, 0.25) is 0 Å². The second-order valence-electron chi connectivity index (χ2n) is 4.16. The van der Waals surface area contributed by atoms with Crippen molar-refractivity contribution in [3.05, 3.63) is 48.3 Å². The summed E-state index contributed by atoms with van der Waals surface area (Å²) in [6.45, 7) is 0. The Labute approximate surface area is 127 Å². The van der Waals surface area contributed by atoms with Gasteiger partial charge in [-0.25, -0.2) is 4.39 Å². The number of hydrogen-bond acceptors (Lipinski definition) is 3. The Morgan fingerprint density at radius 2 is 1.48 bits per heavy atom. The Bertz CT molecular complexity index is 632. The smallest absolute Gasteiger partial charge is 0.175 e. The number of halogens is 1. The summed E-state index contributed by atoms with van der Waals surface area (Å²) in [5.74, 6) is 0.951. The van der Waals surface area contributed by atoms with Gasteiger partial charge in [-0.05, 0) is 48.6 Å². The average molecular weight is 306 g/mol. The van der Waals surface area contributed by atoms with Crippen molar-refractivity contribution in [2.75, 3.05) is 24.9 Å². The Balaban J connectivity index is 2.04. The van der Waals surface area contributed by atoms with Crippen LogP contribution >= 0.6 is 12.2 Å². The Kier molecular flexibility index (Phi) is 4.94. The minimum Gasteiger partial charge on any atom is -0.493 e. The van der Waals surface area contributed by atoms with Crippen molar-refractivity contribution >= 4 is 28.7 Å². The van der Waals surface area contributed by atoms with Gasteiger partial charge in [-0.15, -0.1) is 0 Å². The second kappa shape index (κ2) is 6.90. The standard InChI is InChI=1S/C15H15FN2O2S/c1-19-13-8-7-12(9-14(13)20-2)18-15(21)17-11-5-3-10(16)4-6-11/h3-9H,1-2H3,(H2,17,18,21). The van der Waals surface area contributed by atoms with Crippen LogP contribution in [-0.2, 0) is 0 Å². The van der Waals surface area contributed by atoms with E-state index in [0.29, 0.717) is 22.3 Å². The molecule has 0 amide bonds. The molecule has 0 spiro atoms. The zero-order valence-electron chi connectivity index (χ0n) is 11.6. The van der Waals surface area contributed by atoms with Crippen LogP contribution in [0.25, 0.3) is 0 Å².